The molecule has 0 aromatic rings. The molecule has 0 radical (unpaired) electrons. The van der Waals surface area contributed by atoms with Gasteiger partial charge in [-0.15, -0.1) is 0 Å². The van der Waals surface area contributed by atoms with Crippen LogP contribution in [0.5, 0.6) is 0 Å². The van der Waals surface area contributed by atoms with E-state index in [0.29, 0.717) is 13.1 Å². The van der Waals surface area contributed by atoms with Crippen molar-refractivity contribution in [3.05, 3.63) is 11.1 Å². The van der Waals surface area contributed by atoms with Crippen molar-refractivity contribution in [2.24, 2.45) is 0 Å². The number of nitrogens with zero attached hydrogens (tertiary/aromatic N) is 2. The summed E-state index contributed by atoms with van der Waals surface area (Å²) in [6.07, 6.45) is 0. The summed E-state index contributed by atoms with van der Waals surface area (Å²) in [6, 6.07) is 0. The average Bonchev–Trinajstić information content (AvgIpc) is 2.36. The smallest absolute Gasteiger partial charge is 0.319 e. The lowest BCUT2D eigenvalue weighted by atomic mass is 10.3. The summed E-state index contributed by atoms with van der Waals surface area (Å²) < 4.78 is 10.9. The summed E-state index contributed by atoms with van der Waals surface area (Å²) >= 11 is 3.33. The van der Waals surface area contributed by atoms with Gasteiger partial charge in [-0.05, 0) is 0 Å². The van der Waals surface area contributed by atoms with Crippen LogP contribution in [0.25, 0.3) is 0 Å². The minimum absolute atomic E-state index is 0.217. The van der Waals surface area contributed by atoms with Crippen LogP contribution in [0.15, 0.2) is 11.1 Å². The molecule has 6 heteroatoms. The second-order valence-corrected chi connectivity index (χ2v) is 5.38. The van der Waals surface area contributed by atoms with Crippen LogP contribution in [0.2, 0.25) is 0 Å². The first-order chi connectivity index (χ1) is 8.61. The first-order valence-corrected chi connectivity index (χ1v) is 6.83. The molecule has 0 atom stereocenters. The molecule has 0 aliphatic carbocycles. The molecule has 0 aromatic carbocycles. The Hall–Kier alpha value is -0.430. The molecule has 0 bridgehead atoms. The van der Waals surface area contributed by atoms with Gasteiger partial charge in [0.05, 0.1) is 26.9 Å². The van der Waals surface area contributed by atoms with E-state index in [-0.39, 0.29) is 5.97 Å². The fourth-order valence-corrected chi connectivity index (χ4v) is 2.17. The molecule has 18 heavy (non-hydrogen) atoms. The number of morpholine rings is 1. The number of carbonyl (C=O) groups excluding carboxylic acids is 1. The molecular weight excluding hydrogens is 300 g/mol. The Balaban J connectivity index is 2.34. The van der Waals surface area contributed by atoms with Gasteiger partial charge in [-0.2, -0.15) is 0 Å². The van der Waals surface area contributed by atoms with E-state index in [1.807, 2.05) is 4.90 Å². The third-order valence-corrected chi connectivity index (χ3v) is 3.06. The van der Waals surface area contributed by atoms with Crippen molar-refractivity contribution in [1.82, 2.24) is 9.80 Å². The Morgan fingerprint density at radius 1 is 1.44 bits per heavy atom. The molecule has 1 saturated heterocycles. The van der Waals surface area contributed by atoms with E-state index in [4.69, 9.17) is 9.47 Å². The van der Waals surface area contributed by atoms with E-state index in [9.17, 15) is 4.79 Å². The monoisotopic (exact) mass is 320 g/mol. The van der Waals surface area contributed by atoms with Crippen molar-refractivity contribution in [2.45, 2.75) is 0 Å². The van der Waals surface area contributed by atoms with Crippen LogP contribution in [0, 0.1) is 0 Å². The number of hydrogen-bond donors (Lipinski definition) is 0. The SMILES string of the molecule is C=C(Br)CN(CCN1CCOCC1)CC(=O)OC. The molecular formula is C12H21BrN2O3. The van der Waals surface area contributed by atoms with E-state index in [2.05, 4.69) is 27.4 Å². The Kier molecular flexibility index (Phi) is 7.50. The molecule has 5 nitrogen and oxygen atoms in total. The largest absolute Gasteiger partial charge is 0.468 e. The fourth-order valence-electron chi connectivity index (χ4n) is 1.81. The van der Waals surface area contributed by atoms with E-state index < -0.39 is 0 Å². The predicted octanol–water partition coefficient (Wildman–Crippen LogP) is 0.702. The zero-order valence-electron chi connectivity index (χ0n) is 10.9. The summed E-state index contributed by atoms with van der Waals surface area (Å²) in [5.41, 5.74) is 0. The number of ether oxygens (including phenoxy) is 2. The maximum atomic E-state index is 11.3. The van der Waals surface area contributed by atoms with Gasteiger partial charge in [-0.1, -0.05) is 22.5 Å². The van der Waals surface area contributed by atoms with Gasteiger partial charge in [0.1, 0.15) is 0 Å². The van der Waals surface area contributed by atoms with Crippen molar-refractivity contribution in [3.63, 3.8) is 0 Å². The molecule has 1 rings (SSSR count). The van der Waals surface area contributed by atoms with Crippen molar-refractivity contribution in [2.75, 3.05) is 59.6 Å². The number of methoxy groups -OCH3 is 1. The quantitative estimate of drug-likeness (QED) is 0.646. The summed E-state index contributed by atoms with van der Waals surface area (Å²) in [6.45, 7) is 10.0. The lowest BCUT2D eigenvalue weighted by molar-refractivity contribution is -0.141. The summed E-state index contributed by atoms with van der Waals surface area (Å²) in [5, 5.41) is 0. The fraction of sp³-hybridized carbons (Fsp3) is 0.750. The maximum absolute atomic E-state index is 11.3. The van der Waals surface area contributed by atoms with Gasteiger partial charge in [-0.25, -0.2) is 0 Å². The minimum atomic E-state index is -0.217. The second-order valence-electron chi connectivity index (χ2n) is 4.26. The van der Waals surface area contributed by atoms with Crippen LogP contribution < -0.4 is 0 Å². The molecule has 1 fully saturated rings. The van der Waals surface area contributed by atoms with Crippen LogP contribution in [-0.4, -0.2) is 75.4 Å². The number of halogens is 1. The highest BCUT2D eigenvalue weighted by atomic mass is 79.9. The first-order valence-electron chi connectivity index (χ1n) is 6.04. The minimum Gasteiger partial charge on any atom is -0.468 e. The van der Waals surface area contributed by atoms with Crippen LogP contribution >= 0.6 is 15.9 Å². The Morgan fingerprint density at radius 2 is 2.11 bits per heavy atom. The molecule has 1 aliphatic heterocycles. The van der Waals surface area contributed by atoms with Gasteiger partial charge in [0.25, 0.3) is 0 Å². The van der Waals surface area contributed by atoms with E-state index >= 15 is 0 Å². The normalized spacial score (nSPS) is 16.8. The number of carbonyl (C=O) groups is 1. The molecule has 104 valence electrons. The molecule has 0 amide bonds. The molecule has 0 saturated carbocycles. The number of rotatable bonds is 7. The van der Waals surface area contributed by atoms with Gasteiger partial charge < -0.3 is 9.47 Å². The van der Waals surface area contributed by atoms with Crippen molar-refractivity contribution >= 4 is 21.9 Å². The lowest BCUT2D eigenvalue weighted by Crippen LogP contribution is -2.43. The van der Waals surface area contributed by atoms with Gasteiger partial charge in [0.15, 0.2) is 0 Å². The van der Waals surface area contributed by atoms with E-state index in [0.717, 1.165) is 43.9 Å². The van der Waals surface area contributed by atoms with Gasteiger partial charge in [-0.3, -0.25) is 14.6 Å². The third kappa shape index (κ3) is 6.49. The Morgan fingerprint density at radius 3 is 2.67 bits per heavy atom. The molecule has 0 spiro atoms. The zero-order valence-corrected chi connectivity index (χ0v) is 12.4. The molecule has 0 aromatic heterocycles. The average molecular weight is 321 g/mol. The highest BCUT2D eigenvalue weighted by molar-refractivity contribution is 9.11. The highest BCUT2D eigenvalue weighted by Gasteiger charge is 2.15. The van der Waals surface area contributed by atoms with Gasteiger partial charge in [0.2, 0.25) is 0 Å². The number of esters is 1. The Bertz CT molecular complexity index is 280. The van der Waals surface area contributed by atoms with Crippen LogP contribution in [0.3, 0.4) is 0 Å². The van der Waals surface area contributed by atoms with Gasteiger partial charge in [0, 0.05) is 37.2 Å². The predicted molar refractivity (Wildman–Crippen MR) is 73.8 cm³/mol. The van der Waals surface area contributed by atoms with E-state index in [1.54, 1.807) is 0 Å². The molecule has 1 heterocycles. The van der Waals surface area contributed by atoms with Crippen LogP contribution in [0.4, 0.5) is 0 Å². The lowest BCUT2D eigenvalue weighted by Gasteiger charge is -2.29. The second kappa shape index (κ2) is 8.63. The molecule has 0 unspecified atom stereocenters. The standard InChI is InChI=1S/C12H21BrN2O3/c1-11(13)9-15(10-12(16)17-2)4-3-14-5-7-18-8-6-14/h1,3-10H2,2H3. The van der Waals surface area contributed by atoms with E-state index in [1.165, 1.54) is 7.11 Å². The van der Waals surface area contributed by atoms with Crippen LogP contribution in [0.1, 0.15) is 0 Å². The van der Waals surface area contributed by atoms with Crippen molar-refractivity contribution < 1.29 is 14.3 Å². The molecule has 1 aliphatic rings. The Labute approximate surface area is 117 Å². The number of hydrogen-bond acceptors (Lipinski definition) is 5. The van der Waals surface area contributed by atoms with Gasteiger partial charge >= 0.3 is 5.97 Å². The summed E-state index contributed by atoms with van der Waals surface area (Å²) in [4.78, 5) is 15.7. The van der Waals surface area contributed by atoms with Crippen LogP contribution in [-0.2, 0) is 14.3 Å². The zero-order chi connectivity index (χ0) is 13.4. The van der Waals surface area contributed by atoms with Crippen molar-refractivity contribution in [3.8, 4) is 0 Å². The maximum Gasteiger partial charge on any atom is 0.319 e. The first kappa shape index (κ1) is 15.6. The summed E-state index contributed by atoms with van der Waals surface area (Å²) in [7, 11) is 1.41. The topological polar surface area (TPSA) is 42.0 Å². The highest BCUT2D eigenvalue weighted by Crippen LogP contribution is 2.05. The third-order valence-electron chi connectivity index (χ3n) is 2.81. The van der Waals surface area contributed by atoms with Crippen molar-refractivity contribution in [1.29, 1.82) is 0 Å². The molecule has 0 N–H and O–H groups in total. The summed E-state index contributed by atoms with van der Waals surface area (Å²) in [5.74, 6) is -0.217.